The monoisotopic (exact) mass is 346 g/mol. The van der Waals surface area contributed by atoms with Crippen LogP contribution in [0.15, 0.2) is 23.1 Å². The summed E-state index contributed by atoms with van der Waals surface area (Å²) < 4.78 is 0. The molecular formula is C14H16Cl2N2O2S. The molecule has 21 heavy (non-hydrogen) atoms. The molecule has 114 valence electrons. The number of rotatable bonds is 4. The minimum Gasteiger partial charge on any atom is -0.368 e. The van der Waals surface area contributed by atoms with E-state index >= 15 is 0 Å². The smallest absolute Gasteiger partial charge is 0.240 e. The number of piperidine rings is 1. The molecule has 0 aliphatic carbocycles. The van der Waals surface area contributed by atoms with E-state index in [0.717, 1.165) is 17.7 Å². The van der Waals surface area contributed by atoms with E-state index in [9.17, 15) is 9.59 Å². The lowest BCUT2D eigenvalue weighted by Gasteiger charge is -2.33. The van der Waals surface area contributed by atoms with Crippen LogP contribution >= 0.6 is 35.0 Å². The second kappa shape index (κ2) is 7.38. The van der Waals surface area contributed by atoms with Gasteiger partial charge >= 0.3 is 0 Å². The molecular weight excluding hydrogens is 331 g/mol. The van der Waals surface area contributed by atoms with Crippen LogP contribution in [0.25, 0.3) is 0 Å². The Labute approximate surface area is 137 Å². The molecule has 0 spiro atoms. The normalized spacial score (nSPS) is 18.6. The Morgan fingerprint density at radius 3 is 2.81 bits per heavy atom. The van der Waals surface area contributed by atoms with Gasteiger partial charge in [-0.05, 0) is 37.5 Å². The molecule has 1 fully saturated rings. The summed E-state index contributed by atoms with van der Waals surface area (Å²) in [6.45, 7) is 0.580. The Morgan fingerprint density at radius 1 is 1.33 bits per heavy atom. The van der Waals surface area contributed by atoms with Crippen LogP contribution in [0.4, 0.5) is 0 Å². The summed E-state index contributed by atoms with van der Waals surface area (Å²) in [6, 6.07) is 4.64. The van der Waals surface area contributed by atoms with Gasteiger partial charge in [0, 0.05) is 16.5 Å². The molecule has 0 bridgehead atoms. The summed E-state index contributed by atoms with van der Waals surface area (Å²) in [5, 5.41) is 1.13. The number of likely N-dealkylation sites (tertiary alicyclic amines) is 1. The summed E-state index contributed by atoms with van der Waals surface area (Å²) in [4.78, 5) is 26.1. The fraction of sp³-hybridized carbons (Fsp3) is 0.429. The van der Waals surface area contributed by atoms with Gasteiger partial charge in [0.25, 0.3) is 0 Å². The highest BCUT2D eigenvalue weighted by Gasteiger charge is 2.30. The summed E-state index contributed by atoms with van der Waals surface area (Å²) in [5.74, 6) is -0.322. The SMILES string of the molecule is NC(=O)C1CCCCN1C(=O)CSc1cc(Cl)ccc1Cl. The number of nitrogens with two attached hydrogens (primary N) is 1. The summed E-state index contributed by atoms with van der Waals surface area (Å²) in [6.07, 6.45) is 2.46. The van der Waals surface area contributed by atoms with Gasteiger partial charge in [0.1, 0.15) is 6.04 Å². The van der Waals surface area contributed by atoms with E-state index in [0.29, 0.717) is 23.0 Å². The van der Waals surface area contributed by atoms with Crippen molar-refractivity contribution in [2.75, 3.05) is 12.3 Å². The van der Waals surface area contributed by atoms with Crippen LogP contribution in [0, 0.1) is 0 Å². The quantitative estimate of drug-likeness (QED) is 0.852. The fourth-order valence-corrected chi connectivity index (χ4v) is 3.72. The van der Waals surface area contributed by atoms with Crippen LogP contribution < -0.4 is 5.73 Å². The molecule has 2 amide bonds. The number of nitrogens with zero attached hydrogens (tertiary/aromatic N) is 1. The van der Waals surface area contributed by atoms with E-state index in [2.05, 4.69) is 0 Å². The molecule has 2 N–H and O–H groups in total. The average molecular weight is 347 g/mol. The summed E-state index contributed by atoms with van der Waals surface area (Å²) >= 11 is 13.3. The summed E-state index contributed by atoms with van der Waals surface area (Å²) in [7, 11) is 0. The number of primary amides is 1. The molecule has 1 aromatic carbocycles. The maximum absolute atomic E-state index is 12.3. The highest BCUT2D eigenvalue weighted by molar-refractivity contribution is 8.00. The highest BCUT2D eigenvalue weighted by Crippen LogP contribution is 2.30. The van der Waals surface area contributed by atoms with Crippen molar-refractivity contribution in [2.45, 2.75) is 30.2 Å². The van der Waals surface area contributed by atoms with Gasteiger partial charge in [0.05, 0.1) is 10.8 Å². The van der Waals surface area contributed by atoms with Crippen LogP contribution in [0.3, 0.4) is 0 Å². The van der Waals surface area contributed by atoms with Crippen molar-refractivity contribution in [1.82, 2.24) is 4.90 Å². The van der Waals surface area contributed by atoms with Crippen molar-refractivity contribution >= 4 is 46.8 Å². The largest absolute Gasteiger partial charge is 0.368 e. The Hall–Kier alpha value is -0.910. The second-order valence-corrected chi connectivity index (χ2v) is 6.73. The van der Waals surface area contributed by atoms with E-state index in [-0.39, 0.29) is 11.7 Å². The number of carbonyl (C=O) groups excluding carboxylic acids is 2. The Bertz CT molecular complexity index is 554. The van der Waals surface area contributed by atoms with Crippen LogP contribution in [0.1, 0.15) is 19.3 Å². The van der Waals surface area contributed by atoms with E-state index in [4.69, 9.17) is 28.9 Å². The molecule has 1 aliphatic heterocycles. The van der Waals surface area contributed by atoms with Crippen LogP contribution in [-0.2, 0) is 9.59 Å². The Morgan fingerprint density at radius 2 is 2.10 bits per heavy atom. The zero-order valence-corrected chi connectivity index (χ0v) is 13.7. The predicted molar refractivity (Wildman–Crippen MR) is 85.7 cm³/mol. The van der Waals surface area contributed by atoms with Crippen molar-refractivity contribution in [3.8, 4) is 0 Å². The molecule has 1 aromatic rings. The van der Waals surface area contributed by atoms with E-state index in [1.165, 1.54) is 11.8 Å². The lowest BCUT2D eigenvalue weighted by Crippen LogP contribution is -2.51. The molecule has 1 aliphatic rings. The standard InChI is InChI=1S/C14H16Cl2N2O2S/c15-9-4-5-10(16)12(7-9)21-8-13(19)18-6-2-1-3-11(18)14(17)20/h4-5,7,11H,1-3,6,8H2,(H2,17,20). The number of hydrogen-bond acceptors (Lipinski definition) is 3. The fourth-order valence-electron chi connectivity index (χ4n) is 2.34. The topological polar surface area (TPSA) is 63.4 Å². The lowest BCUT2D eigenvalue weighted by molar-refractivity contribution is -0.138. The van der Waals surface area contributed by atoms with Crippen LogP contribution in [0.2, 0.25) is 10.0 Å². The van der Waals surface area contributed by atoms with E-state index in [1.54, 1.807) is 23.1 Å². The van der Waals surface area contributed by atoms with Gasteiger partial charge in [0.15, 0.2) is 0 Å². The van der Waals surface area contributed by atoms with Crippen molar-refractivity contribution in [3.05, 3.63) is 28.2 Å². The van der Waals surface area contributed by atoms with Gasteiger partial charge in [-0.15, -0.1) is 11.8 Å². The van der Waals surface area contributed by atoms with Gasteiger partial charge in [-0.25, -0.2) is 0 Å². The van der Waals surface area contributed by atoms with Gasteiger partial charge in [0.2, 0.25) is 11.8 Å². The van der Waals surface area contributed by atoms with Crippen molar-refractivity contribution in [1.29, 1.82) is 0 Å². The molecule has 0 saturated carbocycles. The van der Waals surface area contributed by atoms with E-state index < -0.39 is 11.9 Å². The Balaban J connectivity index is 2.00. The summed E-state index contributed by atoms with van der Waals surface area (Å²) in [5.41, 5.74) is 5.37. The average Bonchev–Trinajstić information content (AvgIpc) is 2.47. The predicted octanol–water partition coefficient (Wildman–Crippen LogP) is 2.95. The maximum atomic E-state index is 12.3. The van der Waals surface area contributed by atoms with Crippen LogP contribution in [-0.4, -0.2) is 35.1 Å². The van der Waals surface area contributed by atoms with E-state index in [1.807, 2.05) is 0 Å². The Kier molecular flexibility index (Phi) is 5.79. The van der Waals surface area contributed by atoms with Crippen molar-refractivity contribution in [3.63, 3.8) is 0 Å². The zero-order valence-electron chi connectivity index (χ0n) is 11.4. The molecule has 7 heteroatoms. The third kappa shape index (κ3) is 4.28. The van der Waals surface area contributed by atoms with Gasteiger partial charge in [-0.3, -0.25) is 9.59 Å². The second-order valence-electron chi connectivity index (χ2n) is 4.86. The van der Waals surface area contributed by atoms with Crippen molar-refractivity contribution < 1.29 is 9.59 Å². The van der Waals surface area contributed by atoms with Gasteiger partial charge in [-0.1, -0.05) is 23.2 Å². The first kappa shape index (κ1) is 16.5. The number of amides is 2. The number of carbonyl (C=O) groups is 2. The zero-order chi connectivity index (χ0) is 15.4. The van der Waals surface area contributed by atoms with Gasteiger partial charge < -0.3 is 10.6 Å². The maximum Gasteiger partial charge on any atom is 0.240 e. The van der Waals surface area contributed by atoms with Crippen molar-refractivity contribution in [2.24, 2.45) is 5.73 Å². The lowest BCUT2D eigenvalue weighted by atomic mass is 10.0. The number of halogens is 2. The van der Waals surface area contributed by atoms with Gasteiger partial charge in [-0.2, -0.15) is 0 Å². The molecule has 0 radical (unpaired) electrons. The highest BCUT2D eigenvalue weighted by atomic mass is 35.5. The first-order valence-corrected chi connectivity index (χ1v) is 8.40. The number of hydrogen-bond donors (Lipinski definition) is 1. The first-order chi connectivity index (χ1) is 9.99. The first-order valence-electron chi connectivity index (χ1n) is 6.65. The molecule has 4 nitrogen and oxygen atoms in total. The molecule has 1 heterocycles. The number of benzene rings is 1. The third-order valence-corrected chi connectivity index (χ3v) is 5.11. The molecule has 2 rings (SSSR count). The molecule has 1 saturated heterocycles. The minimum atomic E-state index is -0.485. The third-order valence-electron chi connectivity index (χ3n) is 3.40. The molecule has 1 unspecified atom stereocenters. The number of thioether (sulfide) groups is 1. The minimum absolute atomic E-state index is 0.0976. The molecule has 0 aromatic heterocycles. The van der Waals surface area contributed by atoms with Crippen LogP contribution in [0.5, 0.6) is 0 Å². The molecule has 1 atom stereocenters.